The quantitative estimate of drug-likeness (QED) is 0.652. The van der Waals surface area contributed by atoms with E-state index in [4.69, 9.17) is 4.55 Å². The molecule has 92 valence electrons. The van der Waals surface area contributed by atoms with Gasteiger partial charge in [-0.05, 0) is 11.6 Å². The second kappa shape index (κ2) is 5.60. The fraction of sp³-hybridized carbons (Fsp3) is 0.182. The number of rotatable bonds is 4. The van der Waals surface area contributed by atoms with Crippen LogP contribution in [-0.2, 0) is 19.6 Å². The van der Waals surface area contributed by atoms with Crippen molar-refractivity contribution in [3.63, 3.8) is 0 Å². The Morgan fingerprint density at radius 1 is 1.41 bits per heavy atom. The van der Waals surface area contributed by atoms with Crippen LogP contribution in [-0.4, -0.2) is 26.0 Å². The molecule has 0 fully saturated rings. The molecule has 0 saturated carbocycles. The van der Waals surface area contributed by atoms with Crippen LogP contribution in [0.3, 0.4) is 0 Å². The summed E-state index contributed by atoms with van der Waals surface area (Å²) in [6.45, 7) is 0. The van der Waals surface area contributed by atoms with Crippen molar-refractivity contribution in [2.75, 3.05) is 7.11 Å². The molecule has 0 spiro atoms. The lowest BCUT2D eigenvalue weighted by atomic mass is 10.2. The van der Waals surface area contributed by atoms with Gasteiger partial charge in [0.1, 0.15) is 4.90 Å². The Labute approximate surface area is 99.5 Å². The summed E-state index contributed by atoms with van der Waals surface area (Å²) in [6, 6.07) is 5.94. The van der Waals surface area contributed by atoms with Crippen LogP contribution in [0.1, 0.15) is 12.0 Å². The second-order valence-electron chi connectivity index (χ2n) is 3.20. The Hall–Kier alpha value is -1.66. The molecule has 6 heteroatoms. The molecule has 1 aromatic rings. The van der Waals surface area contributed by atoms with Crippen molar-refractivity contribution in [3.05, 3.63) is 35.9 Å². The molecule has 1 N–H and O–H groups in total. The highest BCUT2D eigenvalue weighted by Gasteiger charge is 2.12. The third kappa shape index (κ3) is 4.01. The van der Waals surface area contributed by atoms with Crippen LogP contribution in [0.2, 0.25) is 0 Å². The Bertz CT molecular complexity index is 531. The minimum Gasteiger partial charge on any atom is -0.469 e. The van der Waals surface area contributed by atoms with E-state index < -0.39 is 16.1 Å². The van der Waals surface area contributed by atoms with E-state index >= 15 is 0 Å². The van der Waals surface area contributed by atoms with Crippen LogP contribution < -0.4 is 0 Å². The Morgan fingerprint density at radius 2 is 2.06 bits per heavy atom. The van der Waals surface area contributed by atoms with Crippen molar-refractivity contribution >= 4 is 22.2 Å². The van der Waals surface area contributed by atoms with E-state index in [0.29, 0.717) is 5.56 Å². The molecule has 0 atom stereocenters. The minimum atomic E-state index is -4.26. The predicted octanol–water partition coefficient (Wildman–Crippen LogP) is 1.51. The van der Waals surface area contributed by atoms with E-state index in [1.54, 1.807) is 6.07 Å². The number of carbonyl (C=O) groups is 1. The van der Waals surface area contributed by atoms with Gasteiger partial charge in [-0.1, -0.05) is 30.4 Å². The number of ether oxygens (including phenoxy) is 1. The summed E-state index contributed by atoms with van der Waals surface area (Å²) in [7, 11) is -2.99. The van der Waals surface area contributed by atoms with Crippen LogP contribution in [0.25, 0.3) is 6.08 Å². The topological polar surface area (TPSA) is 80.7 Å². The molecule has 0 amide bonds. The summed E-state index contributed by atoms with van der Waals surface area (Å²) < 4.78 is 35.5. The van der Waals surface area contributed by atoms with Gasteiger partial charge in [-0.3, -0.25) is 9.35 Å². The number of hydrogen-bond acceptors (Lipinski definition) is 4. The van der Waals surface area contributed by atoms with Gasteiger partial charge in [0.05, 0.1) is 13.5 Å². The SMILES string of the molecule is COC(=O)CC=Cc1ccccc1S(=O)(=O)O. The lowest BCUT2D eigenvalue weighted by Gasteiger charge is -2.01. The zero-order valence-electron chi connectivity index (χ0n) is 9.16. The molecule has 0 radical (unpaired) electrons. The normalized spacial score (nSPS) is 11.6. The molecule has 5 nitrogen and oxygen atoms in total. The molecule has 0 bridgehead atoms. The summed E-state index contributed by atoms with van der Waals surface area (Å²) in [4.78, 5) is 10.6. The second-order valence-corrected chi connectivity index (χ2v) is 4.59. The largest absolute Gasteiger partial charge is 0.469 e. The van der Waals surface area contributed by atoms with Crippen molar-refractivity contribution in [3.8, 4) is 0 Å². The molecule has 0 saturated heterocycles. The summed E-state index contributed by atoms with van der Waals surface area (Å²) in [5.41, 5.74) is 0.318. The Morgan fingerprint density at radius 3 is 2.65 bits per heavy atom. The molecule has 17 heavy (non-hydrogen) atoms. The van der Waals surface area contributed by atoms with Crippen LogP contribution in [0.5, 0.6) is 0 Å². The maximum absolute atomic E-state index is 11.0. The number of methoxy groups -OCH3 is 1. The predicted molar refractivity (Wildman–Crippen MR) is 61.9 cm³/mol. The van der Waals surface area contributed by atoms with Crippen LogP contribution in [0, 0.1) is 0 Å². The van der Waals surface area contributed by atoms with Gasteiger partial charge >= 0.3 is 5.97 Å². The molecule has 0 aliphatic heterocycles. The van der Waals surface area contributed by atoms with Gasteiger partial charge in [-0.2, -0.15) is 8.42 Å². The first-order valence-electron chi connectivity index (χ1n) is 4.75. The fourth-order valence-electron chi connectivity index (χ4n) is 1.22. The summed E-state index contributed by atoms with van der Waals surface area (Å²) in [5, 5.41) is 0. The summed E-state index contributed by atoms with van der Waals surface area (Å²) in [6.07, 6.45) is 2.95. The van der Waals surface area contributed by atoms with Gasteiger partial charge in [-0.15, -0.1) is 0 Å². The smallest absolute Gasteiger partial charge is 0.309 e. The molecular weight excluding hydrogens is 244 g/mol. The highest BCUT2D eigenvalue weighted by Crippen LogP contribution is 2.16. The monoisotopic (exact) mass is 256 g/mol. The molecule has 1 aromatic carbocycles. The van der Waals surface area contributed by atoms with Crippen LogP contribution >= 0.6 is 0 Å². The van der Waals surface area contributed by atoms with Gasteiger partial charge in [-0.25, -0.2) is 0 Å². The third-order valence-corrected chi connectivity index (χ3v) is 2.93. The van der Waals surface area contributed by atoms with Crippen molar-refractivity contribution in [2.45, 2.75) is 11.3 Å². The van der Waals surface area contributed by atoms with Crippen molar-refractivity contribution < 1.29 is 22.5 Å². The molecule has 0 aliphatic carbocycles. The van der Waals surface area contributed by atoms with E-state index in [1.165, 1.54) is 37.5 Å². The zero-order chi connectivity index (χ0) is 12.9. The number of esters is 1. The summed E-state index contributed by atoms with van der Waals surface area (Å²) >= 11 is 0. The van der Waals surface area contributed by atoms with E-state index in [9.17, 15) is 13.2 Å². The minimum absolute atomic E-state index is 0.0380. The van der Waals surface area contributed by atoms with E-state index in [0.717, 1.165) is 0 Å². The number of carbonyl (C=O) groups excluding carboxylic acids is 1. The van der Waals surface area contributed by atoms with E-state index in [2.05, 4.69) is 4.74 Å². The van der Waals surface area contributed by atoms with Gasteiger partial charge < -0.3 is 4.74 Å². The fourth-order valence-corrected chi connectivity index (χ4v) is 1.90. The van der Waals surface area contributed by atoms with Crippen molar-refractivity contribution in [1.29, 1.82) is 0 Å². The van der Waals surface area contributed by atoms with Crippen molar-refractivity contribution in [2.24, 2.45) is 0 Å². The molecule has 0 heterocycles. The van der Waals surface area contributed by atoms with Gasteiger partial charge in [0.15, 0.2) is 0 Å². The van der Waals surface area contributed by atoms with Gasteiger partial charge in [0.2, 0.25) is 0 Å². The maximum atomic E-state index is 11.0. The standard InChI is InChI=1S/C11H12O5S/c1-16-11(12)8-4-6-9-5-2-3-7-10(9)17(13,14)15/h2-7H,8H2,1H3,(H,13,14,15). The van der Waals surface area contributed by atoms with Gasteiger partial charge in [0, 0.05) is 0 Å². The summed E-state index contributed by atoms with van der Waals surface area (Å²) in [5.74, 6) is -0.425. The first kappa shape index (κ1) is 13.4. The van der Waals surface area contributed by atoms with Crippen LogP contribution in [0.15, 0.2) is 35.2 Å². The molecule has 0 unspecified atom stereocenters. The molecule has 0 aromatic heterocycles. The zero-order valence-corrected chi connectivity index (χ0v) is 9.98. The third-order valence-electron chi connectivity index (χ3n) is 2.01. The highest BCUT2D eigenvalue weighted by atomic mass is 32.2. The first-order valence-corrected chi connectivity index (χ1v) is 6.19. The average molecular weight is 256 g/mol. The lowest BCUT2D eigenvalue weighted by molar-refractivity contribution is -0.139. The lowest BCUT2D eigenvalue weighted by Crippen LogP contribution is -2.00. The Kier molecular flexibility index (Phi) is 4.42. The van der Waals surface area contributed by atoms with E-state index in [1.807, 2.05) is 0 Å². The van der Waals surface area contributed by atoms with Crippen LogP contribution in [0.4, 0.5) is 0 Å². The highest BCUT2D eigenvalue weighted by molar-refractivity contribution is 7.85. The Balaban J connectivity index is 2.96. The van der Waals surface area contributed by atoms with Crippen molar-refractivity contribution in [1.82, 2.24) is 0 Å². The van der Waals surface area contributed by atoms with E-state index in [-0.39, 0.29) is 11.3 Å². The molecule has 0 aliphatic rings. The maximum Gasteiger partial charge on any atom is 0.309 e. The number of hydrogen-bond donors (Lipinski definition) is 1. The molecule has 1 rings (SSSR count). The first-order chi connectivity index (χ1) is 7.95. The number of benzene rings is 1. The van der Waals surface area contributed by atoms with Gasteiger partial charge in [0.25, 0.3) is 10.1 Å². The molecular formula is C11H12O5S. The average Bonchev–Trinajstić information content (AvgIpc) is 2.28.